The number of carbonyl (C=O) groups excluding carboxylic acids is 1. The first-order chi connectivity index (χ1) is 40.1. The number of hydrogen-bond donors (Lipinski definition) is 0. The largest absolute Gasteiger partial charge is 0.469 e. The third-order valence-electron chi connectivity index (χ3n) is 14.7. The van der Waals surface area contributed by atoms with Gasteiger partial charge < -0.3 is 37.6 Å². The van der Waals surface area contributed by atoms with Gasteiger partial charge in [-0.3, -0.25) is 19.7 Å². The zero-order valence-corrected chi connectivity index (χ0v) is 46.8. The van der Waals surface area contributed by atoms with E-state index in [0.717, 1.165) is 123 Å². The van der Waals surface area contributed by atoms with E-state index in [1.165, 1.54) is 25.5 Å². The number of aryl methyl sites for hydroxylation is 3. The highest BCUT2D eigenvalue weighted by molar-refractivity contribution is 5.91. The maximum atomic E-state index is 12.5. The minimum absolute atomic E-state index is 0.0919. The van der Waals surface area contributed by atoms with Crippen molar-refractivity contribution in [2.75, 3.05) is 67.1 Å². The molecule has 13 rings (SSSR count). The fourth-order valence-electron chi connectivity index (χ4n) is 10.5. The summed E-state index contributed by atoms with van der Waals surface area (Å²) in [6.45, 7) is 16.1. The second kappa shape index (κ2) is 25.4. The molecule has 3 aliphatic heterocycles. The van der Waals surface area contributed by atoms with Crippen LogP contribution in [0.3, 0.4) is 0 Å². The highest BCUT2D eigenvalue weighted by Gasteiger charge is 2.28. The number of benzene rings is 1. The minimum atomic E-state index is -0.0919. The molecule has 10 aromatic rings. The van der Waals surface area contributed by atoms with E-state index >= 15 is 0 Å². The average Bonchev–Trinajstić information content (AvgIpc) is 4.38. The van der Waals surface area contributed by atoms with Crippen LogP contribution in [0.4, 0.5) is 17.8 Å². The molecule has 0 bridgehead atoms. The molecule has 18 heteroatoms. The lowest BCUT2D eigenvalue weighted by molar-refractivity contribution is -0.00571. The normalized spacial score (nSPS) is 16.2. The lowest BCUT2D eigenvalue weighted by Crippen LogP contribution is -2.49. The molecule has 2 atom stereocenters. The maximum absolute atomic E-state index is 12.5. The third-order valence-corrected chi connectivity index (χ3v) is 14.7. The minimum Gasteiger partial charge on any atom is -0.469 e. The van der Waals surface area contributed by atoms with Gasteiger partial charge in [-0.25, -0.2) is 29.9 Å². The van der Waals surface area contributed by atoms with E-state index in [1.807, 2.05) is 112 Å². The van der Waals surface area contributed by atoms with E-state index in [9.17, 15) is 4.79 Å². The van der Waals surface area contributed by atoms with Crippen LogP contribution in [0.5, 0.6) is 0 Å². The van der Waals surface area contributed by atoms with Gasteiger partial charge in [0.1, 0.15) is 11.5 Å². The van der Waals surface area contributed by atoms with Crippen molar-refractivity contribution in [1.29, 1.82) is 0 Å². The smallest absolute Gasteiger partial charge is 0.289 e. The zero-order chi connectivity index (χ0) is 56.4. The number of furan rings is 3. The number of piperazine rings is 1. The third kappa shape index (κ3) is 12.6. The quantitative estimate of drug-likeness (QED) is 0.125. The summed E-state index contributed by atoms with van der Waals surface area (Å²) in [6, 6.07) is 31.4. The fraction of sp³-hybridized carbons (Fsp3) is 0.281. The molecule has 0 radical (unpaired) electrons. The SMILES string of the molecule is Cc1ccc(-c2nc(N3CCCCC3)ncc2-c2ccncc2)cn1.Cc1occc1-c1nc(N2CC(C)OC(C)C2)ncc1-c1ccccc1.Cc1occc1-c1nc(N2CCN(C(=O)c3ccco3)CC2)ncc1-c1ccccn1. The molecule has 1 aromatic carbocycles. The summed E-state index contributed by atoms with van der Waals surface area (Å²) in [4.78, 5) is 62.6. The van der Waals surface area contributed by atoms with Gasteiger partial charge in [0.15, 0.2) is 5.76 Å². The highest BCUT2D eigenvalue weighted by Crippen LogP contribution is 2.36. The Morgan fingerprint density at radius 2 is 1.05 bits per heavy atom. The topological polar surface area (TPSA) is 195 Å². The lowest BCUT2D eigenvalue weighted by atomic mass is 10.0. The van der Waals surface area contributed by atoms with Crippen molar-refractivity contribution >= 4 is 23.8 Å². The second-order valence-corrected chi connectivity index (χ2v) is 20.5. The van der Waals surface area contributed by atoms with E-state index < -0.39 is 0 Å². The zero-order valence-electron chi connectivity index (χ0n) is 46.8. The van der Waals surface area contributed by atoms with Crippen LogP contribution >= 0.6 is 0 Å². The molecule has 18 nitrogen and oxygen atoms in total. The van der Waals surface area contributed by atoms with E-state index in [1.54, 1.807) is 48.1 Å². The molecule has 3 fully saturated rings. The number of ether oxygens (including phenoxy) is 1. The van der Waals surface area contributed by atoms with Crippen molar-refractivity contribution in [3.63, 3.8) is 0 Å². The van der Waals surface area contributed by atoms with E-state index in [0.29, 0.717) is 37.9 Å². The second-order valence-electron chi connectivity index (χ2n) is 20.5. The number of morpholine rings is 1. The number of hydrogen-bond acceptors (Lipinski definition) is 17. The van der Waals surface area contributed by atoms with Gasteiger partial charge in [-0.05, 0) is 126 Å². The molecule has 416 valence electrons. The first kappa shape index (κ1) is 54.5. The molecule has 0 saturated carbocycles. The fourth-order valence-corrected chi connectivity index (χ4v) is 10.5. The van der Waals surface area contributed by atoms with Crippen molar-refractivity contribution in [3.8, 4) is 67.3 Å². The summed E-state index contributed by atoms with van der Waals surface area (Å²) < 4.78 is 22.1. The number of amides is 1. The van der Waals surface area contributed by atoms with Crippen molar-refractivity contribution in [1.82, 2.24) is 49.8 Å². The van der Waals surface area contributed by atoms with Crippen molar-refractivity contribution in [2.45, 2.75) is 66.1 Å². The molecule has 0 aliphatic carbocycles. The Morgan fingerprint density at radius 1 is 0.463 bits per heavy atom. The lowest BCUT2D eigenvalue weighted by Gasteiger charge is -2.35. The molecule has 9 aromatic heterocycles. The van der Waals surface area contributed by atoms with Gasteiger partial charge in [-0.2, -0.15) is 0 Å². The Morgan fingerprint density at radius 3 is 1.63 bits per heavy atom. The number of pyridine rings is 3. The van der Waals surface area contributed by atoms with Gasteiger partial charge in [-0.15, -0.1) is 0 Å². The number of anilines is 3. The van der Waals surface area contributed by atoms with Gasteiger partial charge >= 0.3 is 0 Å². The summed E-state index contributed by atoms with van der Waals surface area (Å²) in [7, 11) is 0. The first-order valence-electron chi connectivity index (χ1n) is 27.9. The highest BCUT2D eigenvalue weighted by atomic mass is 16.5. The van der Waals surface area contributed by atoms with Crippen LogP contribution in [-0.2, 0) is 4.74 Å². The standard InChI is InChI=1S/C23H21N5O3.C21H23N3O2.C20H21N5/c1-16-17(7-14-30-16)21-18(19-5-2-3-8-24-19)15-25-23(26-21)28-11-9-27(10-12-28)22(29)20-6-4-13-31-20;1-14-12-24(13-15(2)26-14)21-22-11-19(17-7-5-4-6-8-17)20(23-21)18-9-10-25-16(18)3;1-15-5-6-17(13-22-15)19-18(16-7-9-21-10-8-16)14-23-20(24-19)25-11-3-2-4-12-25/h2-8,13-15H,9-12H2,1H3;4-11,14-15H,12-13H2,1-3H3;5-10,13-14H,2-4,11-12H2,1H3. The van der Waals surface area contributed by atoms with Gasteiger partial charge in [0.25, 0.3) is 5.91 Å². The molecule has 1 amide bonds. The number of nitrogens with zero attached hydrogens (tertiary/aromatic N) is 13. The van der Waals surface area contributed by atoms with Crippen LogP contribution in [-0.4, -0.2) is 120 Å². The van der Waals surface area contributed by atoms with Crippen LogP contribution < -0.4 is 14.7 Å². The average molecular weight is 1100 g/mol. The Balaban J connectivity index is 0.000000130. The molecule has 0 N–H and O–H groups in total. The van der Waals surface area contributed by atoms with Crippen LogP contribution in [0, 0.1) is 20.8 Å². The number of piperidine rings is 1. The molecule has 0 spiro atoms. The maximum Gasteiger partial charge on any atom is 0.289 e. The Kier molecular flexibility index (Phi) is 16.9. The predicted molar refractivity (Wildman–Crippen MR) is 316 cm³/mol. The Labute approximate surface area is 477 Å². The van der Waals surface area contributed by atoms with Crippen LogP contribution in [0.2, 0.25) is 0 Å². The molecular formula is C64H65N13O5. The molecule has 12 heterocycles. The van der Waals surface area contributed by atoms with E-state index in [-0.39, 0.29) is 18.1 Å². The summed E-state index contributed by atoms with van der Waals surface area (Å²) in [5, 5.41) is 0. The van der Waals surface area contributed by atoms with E-state index in [4.69, 9.17) is 32.9 Å². The molecule has 2 unspecified atom stereocenters. The summed E-state index contributed by atoms with van der Waals surface area (Å²) in [6.07, 6.45) is 21.8. The molecule has 82 heavy (non-hydrogen) atoms. The van der Waals surface area contributed by atoms with Crippen LogP contribution in [0.25, 0.3) is 67.3 Å². The summed E-state index contributed by atoms with van der Waals surface area (Å²) in [5.74, 6) is 4.09. The summed E-state index contributed by atoms with van der Waals surface area (Å²) >= 11 is 0. The van der Waals surface area contributed by atoms with Crippen molar-refractivity contribution in [2.24, 2.45) is 0 Å². The van der Waals surface area contributed by atoms with Gasteiger partial charge in [-0.1, -0.05) is 36.4 Å². The number of carbonyl (C=O) groups is 1. The number of rotatable bonds is 10. The molecular weight excluding hydrogens is 1030 g/mol. The monoisotopic (exact) mass is 1100 g/mol. The first-order valence-corrected chi connectivity index (χ1v) is 27.9. The molecule has 3 saturated heterocycles. The van der Waals surface area contributed by atoms with Crippen LogP contribution in [0.1, 0.15) is 60.9 Å². The van der Waals surface area contributed by atoms with Gasteiger partial charge in [0.2, 0.25) is 17.8 Å². The predicted octanol–water partition coefficient (Wildman–Crippen LogP) is 11.9. The number of aromatic nitrogens is 9. The van der Waals surface area contributed by atoms with Crippen molar-refractivity contribution in [3.05, 3.63) is 182 Å². The van der Waals surface area contributed by atoms with Gasteiger partial charge in [0, 0.05) is 135 Å². The molecule has 3 aliphatic rings. The van der Waals surface area contributed by atoms with Crippen LogP contribution in [0.15, 0.2) is 172 Å². The van der Waals surface area contributed by atoms with Gasteiger partial charge in [0.05, 0.1) is 53.8 Å². The Hall–Kier alpha value is -9.42. The van der Waals surface area contributed by atoms with Crippen molar-refractivity contribution < 1.29 is 22.8 Å². The van der Waals surface area contributed by atoms with E-state index in [2.05, 4.69) is 76.7 Å². The Bertz CT molecular complexity index is 3670. The summed E-state index contributed by atoms with van der Waals surface area (Å²) in [5.41, 5.74) is 12.4.